The van der Waals surface area contributed by atoms with Crippen LogP contribution in [0.2, 0.25) is 0 Å². The van der Waals surface area contributed by atoms with Crippen molar-refractivity contribution in [1.29, 1.82) is 0 Å². The minimum Gasteiger partial charge on any atom is -0.260 e. The van der Waals surface area contributed by atoms with Gasteiger partial charge in [-0.25, -0.2) is 4.68 Å². The number of hydrogen-bond acceptors (Lipinski definition) is 5. The van der Waals surface area contributed by atoms with Crippen LogP contribution < -0.4 is 0 Å². The Kier molecular flexibility index (Phi) is 3.51. The van der Waals surface area contributed by atoms with E-state index in [0.717, 1.165) is 16.6 Å². The van der Waals surface area contributed by atoms with E-state index in [1.54, 1.807) is 18.0 Å². The number of thioether (sulfide) groups is 1. The molecule has 0 bridgehead atoms. The van der Waals surface area contributed by atoms with Gasteiger partial charge in [-0.1, -0.05) is 17.8 Å². The van der Waals surface area contributed by atoms with Crippen LogP contribution in [0.15, 0.2) is 29.6 Å². The largest absolute Gasteiger partial charge is 0.260 e. The second kappa shape index (κ2) is 5.07. The topological polar surface area (TPSA) is 56.5 Å². The lowest BCUT2D eigenvalue weighted by molar-refractivity contribution is 0.477. The minimum absolute atomic E-state index is 0.279. The lowest BCUT2D eigenvalue weighted by Gasteiger charge is -2.06. The summed E-state index contributed by atoms with van der Waals surface area (Å²) < 4.78 is 1.81. The van der Waals surface area contributed by atoms with Gasteiger partial charge in [0.15, 0.2) is 0 Å². The maximum atomic E-state index is 4.25. The van der Waals surface area contributed by atoms with Crippen LogP contribution in [0, 0.1) is 0 Å². The van der Waals surface area contributed by atoms with E-state index in [4.69, 9.17) is 0 Å². The molecule has 0 fully saturated rings. The van der Waals surface area contributed by atoms with E-state index in [-0.39, 0.29) is 6.04 Å². The van der Waals surface area contributed by atoms with Crippen LogP contribution in [0.3, 0.4) is 0 Å². The third-order valence-corrected chi connectivity index (χ3v) is 2.99. The first-order valence-corrected chi connectivity index (χ1v) is 6.06. The summed E-state index contributed by atoms with van der Waals surface area (Å²) in [6.07, 6.45) is 1.79. The Morgan fingerprint density at radius 2 is 2.25 bits per heavy atom. The van der Waals surface area contributed by atoms with Gasteiger partial charge >= 0.3 is 0 Å². The van der Waals surface area contributed by atoms with Crippen molar-refractivity contribution in [2.75, 3.05) is 0 Å². The summed E-state index contributed by atoms with van der Waals surface area (Å²) in [6, 6.07) is 6.16. The Morgan fingerprint density at radius 3 is 2.94 bits per heavy atom. The van der Waals surface area contributed by atoms with Crippen LogP contribution >= 0.6 is 11.8 Å². The summed E-state index contributed by atoms with van der Waals surface area (Å²) in [5.74, 6) is 0.786. The van der Waals surface area contributed by atoms with Gasteiger partial charge in [-0.3, -0.25) is 4.98 Å². The van der Waals surface area contributed by atoms with Gasteiger partial charge in [-0.2, -0.15) is 0 Å². The molecule has 0 unspecified atom stereocenters. The molecule has 0 saturated carbocycles. The summed E-state index contributed by atoms with van der Waals surface area (Å²) in [6.45, 7) is 4.11. The first-order valence-electron chi connectivity index (χ1n) is 5.08. The smallest absolute Gasteiger partial charge is 0.209 e. The zero-order valence-corrected chi connectivity index (χ0v) is 10.1. The normalized spacial score (nSPS) is 10.9. The lowest BCUT2D eigenvalue weighted by Crippen LogP contribution is -2.04. The average Bonchev–Trinajstić information content (AvgIpc) is 2.76. The van der Waals surface area contributed by atoms with Crippen LogP contribution in [0.4, 0.5) is 0 Å². The van der Waals surface area contributed by atoms with E-state index >= 15 is 0 Å². The quantitative estimate of drug-likeness (QED) is 0.758. The highest BCUT2D eigenvalue weighted by atomic mass is 32.2. The zero-order chi connectivity index (χ0) is 11.4. The van der Waals surface area contributed by atoms with Crippen LogP contribution in [0.1, 0.15) is 25.6 Å². The molecule has 0 aliphatic heterocycles. The van der Waals surface area contributed by atoms with E-state index in [1.165, 1.54) is 0 Å². The SMILES string of the molecule is CC(C)n1nnnc1SCc1ccccn1. The predicted molar refractivity (Wildman–Crippen MR) is 62.0 cm³/mol. The molecule has 2 aromatic rings. The Morgan fingerprint density at radius 1 is 1.38 bits per heavy atom. The van der Waals surface area contributed by atoms with Crippen molar-refractivity contribution in [2.24, 2.45) is 0 Å². The van der Waals surface area contributed by atoms with Crippen LogP contribution in [0.25, 0.3) is 0 Å². The Hall–Kier alpha value is -1.43. The highest BCUT2D eigenvalue weighted by Crippen LogP contribution is 2.20. The molecule has 84 valence electrons. The molecule has 0 atom stereocenters. The standard InChI is InChI=1S/C10H13N5S/c1-8(2)15-10(12-13-14-15)16-7-9-5-3-4-6-11-9/h3-6,8H,7H2,1-2H3. The van der Waals surface area contributed by atoms with Crippen molar-refractivity contribution >= 4 is 11.8 Å². The molecule has 0 amide bonds. The summed E-state index contributed by atoms with van der Waals surface area (Å²) >= 11 is 1.60. The van der Waals surface area contributed by atoms with Gasteiger partial charge in [0, 0.05) is 11.9 Å². The maximum Gasteiger partial charge on any atom is 0.209 e. The van der Waals surface area contributed by atoms with Crippen LogP contribution in [-0.2, 0) is 5.75 Å². The van der Waals surface area contributed by atoms with E-state index in [0.29, 0.717) is 0 Å². The van der Waals surface area contributed by atoms with Crippen LogP contribution in [0.5, 0.6) is 0 Å². The van der Waals surface area contributed by atoms with Gasteiger partial charge in [0.1, 0.15) is 0 Å². The molecule has 0 aliphatic rings. The van der Waals surface area contributed by atoms with Gasteiger partial charge in [0.25, 0.3) is 0 Å². The van der Waals surface area contributed by atoms with E-state index in [1.807, 2.05) is 22.9 Å². The first kappa shape index (κ1) is 11.1. The lowest BCUT2D eigenvalue weighted by atomic mass is 10.4. The van der Waals surface area contributed by atoms with Gasteiger partial charge in [-0.05, 0) is 36.4 Å². The van der Waals surface area contributed by atoms with Crippen molar-refractivity contribution in [3.05, 3.63) is 30.1 Å². The molecule has 0 aliphatic carbocycles. The molecule has 16 heavy (non-hydrogen) atoms. The molecule has 5 nitrogen and oxygen atoms in total. The van der Waals surface area contributed by atoms with Crippen molar-refractivity contribution in [2.45, 2.75) is 30.8 Å². The third kappa shape index (κ3) is 2.57. The average molecular weight is 235 g/mol. The zero-order valence-electron chi connectivity index (χ0n) is 9.24. The second-order valence-corrected chi connectivity index (χ2v) is 4.55. The fourth-order valence-electron chi connectivity index (χ4n) is 1.23. The molecular formula is C10H13N5S. The highest BCUT2D eigenvalue weighted by Gasteiger charge is 2.09. The van der Waals surface area contributed by atoms with Crippen molar-refractivity contribution < 1.29 is 0 Å². The molecule has 0 aromatic carbocycles. The summed E-state index contributed by atoms with van der Waals surface area (Å²) in [5, 5.41) is 12.4. The fraction of sp³-hybridized carbons (Fsp3) is 0.400. The van der Waals surface area contributed by atoms with Gasteiger partial charge in [-0.15, -0.1) is 5.10 Å². The Bertz CT molecular complexity index is 439. The third-order valence-electron chi connectivity index (χ3n) is 2.03. The Labute approximate surface area is 98.3 Å². The summed E-state index contributed by atoms with van der Waals surface area (Å²) in [5.41, 5.74) is 1.03. The molecule has 6 heteroatoms. The second-order valence-electron chi connectivity index (χ2n) is 3.61. The van der Waals surface area contributed by atoms with Crippen molar-refractivity contribution in [1.82, 2.24) is 25.2 Å². The van der Waals surface area contributed by atoms with Crippen molar-refractivity contribution in [3.8, 4) is 0 Å². The summed E-state index contributed by atoms with van der Waals surface area (Å²) in [4.78, 5) is 4.25. The minimum atomic E-state index is 0.279. The monoisotopic (exact) mass is 235 g/mol. The van der Waals surface area contributed by atoms with Gasteiger partial charge in [0.05, 0.1) is 11.7 Å². The molecule has 2 rings (SSSR count). The number of pyridine rings is 1. The van der Waals surface area contributed by atoms with Gasteiger partial charge in [0.2, 0.25) is 5.16 Å². The number of aromatic nitrogens is 5. The number of rotatable bonds is 4. The van der Waals surface area contributed by atoms with Crippen molar-refractivity contribution in [3.63, 3.8) is 0 Å². The molecule has 0 N–H and O–H groups in total. The molecule has 0 radical (unpaired) electrons. The number of tetrazole rings is 1. The number of hydrogen-bond donors (Lipinski definition) is 0. The van der Waals surface area contributed by atoms with E-state index in [9.17, 15) is 0 Å². The van der Waals surface area contributed by atoms with E-state index in [2.05, 4.69) is 34.4 Å². The highest BCUT2D eigenvalue weighted by molar-refractivity contribution is 7.98. The molecule has 2 heterocycles. The maximum absolute atomic E-state index is 4.25. The first-order chi connectivity index (χ1) is 7.77. The molecular weight excluding hydrogens is 222 g/mol. The Balaban J connectivity index is 2.02. The van der Waals surface area contributed by atoms with E-state index < -0.39 is 0 Å². The van der Waals surface area contributed by atoms with Gasteiger partial charge < -0.3 is 0 Å². The molecule has 0 saturated heterocycles. The predicted octanol–water partition coefficient (Wildman–Crippen LogP) is 1.94. The molecule has 0 spiro atoms. The molecule has 2 aromatic heterocycles. The fourth-order valence-corrected chi connectivity index (χ4v) is 2.15. The van der Waals surface area contributed by atoms with Crippen LogP contribution in [-0.4, -0.2) is 25.2 Å². The summed E-state index contributed by atoms with van der Waals surface area (Å²) in [7, 11) is 0. The number of nitrogens with zero attached hydrogens (tertiary/aromatic N) is 5.